The van der Waals surface area contributed by atoms with Crippen molar-refractivity contribution in [3.8, 4) is 0 Å². The van der Waals surface area contributed by atoms with E-state index in [1.54, 1.807) is 6.92 Å². The van der Waals surface area contributed by atoms with Gasteiger partial charge in [0.2, 0.25) is 0 Å². The first kappa shape index (κ1) is 7.10. The van der Waals surface area contributed by atoms with Gasteiger partial charge in [0.25, 0.3) is 0 Å². The Kier molecular flexibility index (Phi) is 1.42. The zero-order chi connectivity index (χ0) is 8.01. The van der Waals surface area contributed by atoms with E-state index in [1.165, 1.54) is 0 Å². The topological polar surface area (TPSA) is 46.5 Å². The smallest absolute Gasteiger partial charge is 0.306 e. The molecule has 3 nitrogen and oxygen atoms in total. The van der Waals surface area contributed by atoms with Gasteiger partial charge in [0.05, 0.1) is 19.1 Å². The minimum Gasteiger partial charge on any atom is -0.481 e. The van der Waals surface area contributed by atoms with Gasteiger partial charge in [0.1, 0.15) is 0 Å². The van der Waals surface area contributed by atoms with Crippen molar-refractivity contribution in [1.29, 1.82) is 0 Å². The molecule has 1 saturated carbocycles. The normalized spacial score (nSPS) is 43.2. The molecule has 1 saturated heterocycles. The summed E-state index contributed by atoms with van der Waals surface area (Å²) in [6, 6.07) is 0. The van der Waals surface area contributed by atoms with Gasteiger partial charge in [0, 0.05) is 0 Å². The summed E-state index contributed by atoms with van der Waals surface area (Å²) in [6.07, 6.45) is 0. The van der Waals surface area contributed by atoms with Gasteiger partial charge in [-0.15, -0.1) is 0 Å². The SMILES string of the molecule is CC(C(=O)O)C1C2COCC21. The summed E-state index contributed by atoms with van der Waals surface area (Å²) < 4.78 is 5.17. The fourth-order valence-electron chi connectivity index (χ4n) is 2.19. The van der Waals surface area contributed by atoms with Crippen LogP contribution in [-0.4, -0.2) is 24.3 Å². The maximum absolute atomic E-state index is 10.6. The maximum Gasteiger partial charge on any atom is 0.306 e. The molecule has 3 unspecified atom stereocenters. The minimum absolute atomic E-state index is 0.172. The zero-order valence-corrected chi connectivity index (χ0v) is 6.49. The Morgan fingerprint density at radius 2 is 2.09 bits per heavy atom. The van der Waals surface area contributed by atoms with Crippen molar-refractivity contribution in [2.24, 2.45) is 23.7 Å². The number of rotatable bonds is 2. The van der Waals surface area contributed by atoms with E-state index < -0.39 is 5.97 Å². The van der Waals surface area contributed by atoms with Gasteiger partial charge in [-0.3, -0.25) is 4.79 Å². The highest BCUT2D eigenvalue weighted by Crippen LogP contribution is 2.54. The summed E-state index contributed by atoms with van der Waals surface area (Å²) in [4.78, 5) is 10.6. The summed E-state index contributed by atoms with van der Waals surface area (Å²) in [5.41, 5.74) is 0. The zero-order valence-electron chi connectivity index (χ0n) is 6.49. The highest BCUT2D eigenvalue weighted by molar-refractivity contribution is 5.70. The third-order valence-corrected chi connectivity index (χ3v) is 2.99. The van der Waals surface area contributed by atoms with E-state index in [0.717, 1.165) is 13.2 Å². The van der Waals surface area contributed by atoms with E-state index in [0.29, 0.717) is 17.8 Å². The number of carboxylic acid groups (broad SMARTS) is 1. The molecule has 2 fully saturated rings. The standard InChI is InChI=1S/C8H12O3/c1-4(8(9)10)7-5-2-11-3-6(5)7/h4-7H,2-3H2,1H3,(H,9,10). The highest BCUT2D eigenvalue weighted by atomic mass is 16.5. The van der Waals surface area contributed by atoms with Crippen molar-refractivity contribution in [2.45, 2.75) is 6.92 Å². The molecule has 2 rings (SSSR count). The number of carbonyl (C=O) groups is 1. The lowest BCUT2D eigenvalue weighted by Gasteiger charge is -2.07. The van der Waals surface area contributed by atoms with Crippen molar-refractivity contribution < 1.29 is 14.6 Å². The molecule has 0 aromatic rings. The van der Waals surface area contributed by atoms with Crippen LogP contribution in [0.3, 0.4) is 0 Å². The average molecular weight is 156 g/mol. The summed E-state index contributed by atoms with van der Waals surface area (Å²) in [5, 5.41) is 8.71. The van der Waals surface area contributed by atoms with E-state index in [9.17, 15) is 4.79 Å². The average Bonchev–Trinajstić information content (AvgIpc) is 2.41. The molecule has 0 aromatic heterocycles. The van der Waals surface area contributed by atoms with Crippen molar-refractivity contribution in [3.63, 3.8) is 0 Å². The predicted molar refractivity (Wildman–Crippen MR) is 38.1 cm³/mol. The first-order valence-electron chi connectivity index (χ1n) is 4.02. The Hall–Kier alpha value is -0.570. The Labute approximate surface area is 65.4 Å². The summed E-state index contributed by atoms with van der Waals surface area (Å²) >= 11 is 0. The number of fused-ring (bicyclic) bond motifs is 1. The second kappa shape index (κ2) is 2.21. The Bertz CT molecular complexity index is 180. The molecule has 1 heterocycles. The van der Waals surface area contributed by atoms with Crippen molar-refractivity contribution in [2.75, 3.05) is 13.2 Å². The summed E-state index contributed by atoms with van der Waals surface area (Å²) in [7, 11) is 0. The molecule has 2 aliphatic rings. The maximum atomic E-state index is 10.6. The van der Waals surface area contributed by atoms with Crippen LogP contribution in [0.2, 0.25) is 0 Å². The molecule has 0 spiro atoms. The van der Waals surface area contributed by atoms with Gasteiger partial charge in [-0.05, 0) is 17.8 Å². The number of hydrogen-bond donors (Lipinski definition) is 1. The molecule has 62 valence electrons. The fraction of sp³-hybridized carbons (Fsp3) is 0.875. The molecule has 1 aliphatic heterocycles. The van der Waals surface area contributed by atoms with Gasteiger partial charge < -0.3 is 9.84 Å². The number of carboxylic acids is 1. The number of hydrogen-bond acceptors (Lipinski definition) is 2. The first-order chi connectivity index (χ1) is 5.22. The highest BCUT2D eigenvalue weighted by Gasteiger charge is 2.57. The van der Waals surface area contributed by atoms with Gasteiger partial charge >= 0.3 is 5.97 Å². The van der Waals surface area contributed by atoms with Gasteiger partial charge in [-0.1, -0.05) is 6.92 Å². The molecule has 1 N–H and O–H groups in total. The molecule has 3 heteroatoms. The molecule has 3 atom stereocenters. The monoisotopic (exact) mass is 156 g/mol. The Balaban J connectivity index is 1.95. The van der Waals surface area contributed by atoms with E-state index in [2.05, 4.69) is 0 Å². The molecular formula is C8H12O3. The molecule has 1 aliphatic carbocycles. The van der Waals surface area contributed by atoms with Crippen LogP contribution >= 0.6 is 0 Å². The van der Waals surface area contributed by atoms with E-state index >= 15 is 0 Å². The molecule has 0 radical (unpaired) electrons. The third kappa shape index (κ3) is 0.948. The lowest BCUT2D eigenvalue weighted by Crippen LogP contribution is -2.16. The van der Waals surface area contributed by atoms with Crippen molar-refractivity contribution in [1.82, 2.24) is 0 Å². The van der Waals surface area contributed by atoms with Crippen LogP contribution in [-0.2, 0) is 9.53 Å². The Morgan fingerprint density at radius 3 is 2.55 bits per heavy atom. The van der Waals surface area contributed by atoms with E-state index in [-0.39, 0.29) is 5.92 Å². The van der Waals surface area contributed by atoms with Crippen LogP contribution in [0.15, 0.2) is 0 Å². The van der Waals surface area contributed by atoms with Crippen LogP contribution in [0.25, 0.3) is 0 Å². The Morgan fingerprint density at radius 1 is 1.55 bits per heavy atom. The molecule has 0 amide bonds. The van der Waals surface area contributed by atoms with Gasteiger partial charge in [-0.25, -0.2) is 0 Å². The number of ether oxygens (including phenoxy) is 1. The van der Waals surface area contributed by atoms with Crippen LogP contribution in [0.5, 0.6) is 0 Å². The fourth-order valence-corrected chi connectivity index (χ4v) is 2.19. The van der Waals surface area contributed by atoms with Crippen LogP contribution in [0.4, 0.5) is 0 Å². The lowest BCUT2D eigenvalue weighted by molar-refractivity contribution is -0.142. The second-order valence-corrected chi connectivity index (χ2v) is 3.57. The largest absolute Gasteiger partial charge is 0.481 e. The molecular weight excluding hydrogens is 144 g/mol. The predicted octanol–water partition coefficient (Wildman–Crippen LogP) is 0.599. The first-order valence-corrected chi connectivity index (χ1v) is 4.02. The van der Waals surface area contributed by atoms with Crippen LogP contribution in [0, 0.1) is 23.7 Å². The van der Waals surface area contributed by atoms with E-state index in [4.69, 9.17) is 9.84 Å². The molecule has 0 bridgehead atoms. The summed E-state index contributed by atoms with van der Waals surface area (Å²) in [6.45, 7) is 3.37. The van der Waals surface area contributed by atoms with Crippen molar-refractivity contribution >= 4 is 5.97 Å². The summed E-state index contributed by atoms with van der Waals surface area (Å²) in [5.74, 6) is 0.682. The van der Waals surface area contributed by atoms with E-state index in [1.807, 2.05) is 0 Å². The lowest BCUT2D eigenvalue weighted by atomic mass is 10.0. The minimum atomic E-state index is -0.663. The second-order valence-electron chi connectivity index (χ2n) is 3.57. The number of aliphatic carboxylic acids is 1. The quantitative estimate of drug-likeness (QED) is 0.636. The van der Waals surface area contributed by atoms with Gasteiger partial charge in [-0.2, -0.15) is 0 Å². The molecule has 0 aromatic carbocycles. The third-order valence-electron chi connectivity index (χ3n) is 2.99. The van der Waals surface area contributed by atoms with Crippen LogP contribution < -0.4 is 0 Å². The van der Waals surface area contributed by atoms with Gasteiger partial charge in [0.15, 0.2) is 0 Å². The molecule has 11 heavy (non-hydrogen) atoms. The van der Waals surface area contributed by atoms with Crippen molar-refractivity contribution in [3.05, 3.63) is 0 Å². The van der Waals surface area contributed by atoms with Crippen LogP contribution in [0.1, 0.15) is 6.92 Å².